The number of aromatic amines is 1. The van der Waals surface area contributed by atoms with Crippen LogP contribution in [0.1, 0.15) is 74.4 Å². The average Bonchev–Trinajstić information content (AvgIpc) is 3.27. The number of nitrogens with one attached hydrogen (secondary N) is 4. The molecule has 0 bridgehead atoms. The summed E-state index contributed by atoms with van der Waals surface area (Å²) in [5.41, 5.74) is 3.33. The van der Waals surface area contributed by atoms with Gasteiger partial charge in [-0.2, -0.15) is 4.98 Å². The first-order chi connectivity index (χ1) is 20.8. The fourth-order valence-electron chi connectivity index (χ4n) is 5.71. The molecular weight excluding hydrogens is 552 g/mol. The third-order valence-corrected chi connectivity index (χ3v) is 8.06. The number of methoxy groups -OCH3 is 3. The van der Waals surface area contributed by atoms with Crippen LogP contribution < -0.4 is 35.6 Å². The predicted octanol–water partition coefficient (Wildman–Crippen LogP) is 4.08. The summed E-state index contributed by atoms with van der Waals surface area (Å²) in [5, 5.41) is 15.9. The van der Waals surface area contributed by atoms with Crippen molar-refractivity contribution in [3.63, 3.8) is 0 Å². The Balaban J connectivity index is 1.36. The topological polar surface area (TPSA) is 157 Å². The van der Waals surface area contributed by atoms with Crippen molar-refractivity contribution in [2.45, 2.75) is 63.8 Å². The molecular formula is C31H38N6O6. The van der Waals surface area contributed by atoms with Crippen LogP contribution in [0.4, 0.5) is 11.6 Å². The molecule has 12 heteroatoms. The van der Waals surface area contributed by atoms with Gasteiger partial charge in [0.25, 0.3) is 0 Å². The lowest BCUT2D eigenvalue weighted by molar-refractivity contribution is -0.119. The van der Waals surface area contributed by atoms with Gasteiger partial charge in [-0.15, -0.1) is 5.10 Å². The van der Waals surface area contributed by atoms with Crippen molar-refractivity contribution < 1.29 is 23.8 Å². The highest BCUT2D eigenvalue weighted by molar-refractivity contribution is 5.89. The standard InChI is InChI=1S/C31H38N6O6/c1-17(38)33-22-12-10-19-15-25(41-2)28(42-3)29(43-4)27(19)20-11-13-23(24(39)16-21(20)22)32-14-6-9-26(40)34-31-35-30(36-37-31)18-7-5-8-18/h11,13,15-16,18,22H,5-10,12,14H2,1-4H3,(H,32,39)(H,33,38)(H2,34,35,36,37,40)/t22-/m0/s1. The molecule has 228 valence electrons. The van der Waals surface area contributed by atoms with Gasteiger partial charge in [-0.1, -0.05) is 12.5 Å². The van der Waals surface area contributed by atoms with Crippen LogP contribution >= 0.6 is 0 Å². The first-order valence-electron chi connectivity index (χ1n) is 14.6. The quantitative estimate of drug-likeness (QED) is 0.242. The number of hydrogen-bond acceptors (Lipinski definition) is 9. The van der Waals surface area contributed by atoms with Gasteiger partial charge in [-0.25, -0.2) is 0 Å². The van der Waals surface area contributed by atoms with Crippen molar-refractivity contribution in [1.29, 1.82) is 0 Å². The normalized spacial score (nSPS) is 15.7. The van der Waals surface area contributed by atoms with Crippen molar-refractivity contribution >= 4 is 23.5 Å². The lowest BCUT2D eigenvalue weighted by atomic mass is 9.85. The van der Waals surface area contributed by atoms with Gasteiger partial charge >= 0.3 is 0 Å². The number of amides is 2. The Bertz CT molecular complexity index is 1570. The zero-order valence-electron chi connectivity index (χ0n) is 25.0. The molecule has 1 fully saturated rings. The summed E-state index contributed by atoms with van der Waals surface area (Å²) < 4.78 is 17.0. The molecule has 1 heterocycles. The fraction of sp³-hybridized carbons (Fsp3) is 0.452. The van der Waals surface area contributed by atoms with Crippen LogP contribution in [0.25, 0.3) is 11.1 Å². The van der Waals surface area contributed by atoms with Gasteiger partial charge < -0.3 is 24.8 Å². The van der Waals surface area contributed by atoms with E-state index >= 15 is 0 Å². The summed E-state index contributed by atoms with van der Waals surface area (Å²) in [4.78, 5) is 42.4. The Morgan fingerprint density at radius 3 is 2.51 bits per heavy atom. The van der Waals surface area contributed by atoms with Crippen molar-refractivity contribution in [2.75, 3.05) is 38.5 Å². The van der Waals surface area contributed by atoms with Crippen LogP contribution in [-0.4, -0.2) is 54.9 Å². The second-order valence-corrected chi connectivity index (χ2v) is 10.8. The number of fused-ring (bicyclic) bond motifs is 3. The Morgan fingerprint density at radius 1 is 1.05 bits per heavy atom. The Labute approximate surface area is 249 Å². The Hall–Kier alpha value is -4.61. The monoisotopic (exact) mass is 590 g/mol. The number of hydrogen-bond donors (Lipinski definition) is 4. The summed E-state index contributed by atoms with van der Waals surface area (Å²) in [6, 6.07) is 6.69. The SMILES string of the molecule is COc1cc2c(c(OC)c1OC)-c1ccc(NCCCC(=O)Nc3n[nH]c(C4CCC4)n3)c(=O)cc1[C@@H](NC(C)=O)CC2. The third kappa shape index (κ3) is 6.42. The average molecular weight is 591 g/mol. The summed E-state index contributed by atoms with van der Waals surface area (Å²) in [6.45, 7) is 1.86. The number of aryl methyl sites for hydroxylation is 1. The number of H-pyrrole nitrogens is 1. The Kier molecular flexibility index (Phi) is 9.13. The van der Waals surface area contributed by atoms with Crippen LogP contribution in [0.15, 0.2) is 29.1 Å². The first-order valence-corrected chi connectivity index (χ1v) is 14.6. The molecule has 0 unspecified atom stereocenters. The van der Waals surface area contributed by atoms with E-state index in [0.717, 1.165) is 35.4 Å². The van der Waals surface area contributed by atoms with E-state index in [4.69, 9.17) is 14.2 Å². The van der Waals surface area contributed by atoms with Crippen LogP contribution in [0, 0.1) is 0 Å². The van der Waals surface area contributed by atoms with Gasteiger partial charge in [0.1, 0.15) is 5.82 Å². The number of ether oxygens (including phenoxy) is 3. The summed E-state index contributed by atoms with van der Waals surface area (Å²) >= 11 is 0. The molecule has 0 aliphatic heterocycles. The largest absolute Gasteiger partial charge is 0.493 e. The number of carbonyl (C=O) groups excluding carboxylic acids is 2. The van der Waals surface area contributed by atoms with E-state index in [-0.39, 0.29) is 29.6 Å². The first kappa shape index (κ1) is 29.9. The van der Waals surface area contributed by atoms with E-state index in [0.29, 0.717) is 60.2 Å². The van der Waals surface area contributed by atoms with E-state index in [2.05, 4.69) is 31.1 Å². The molecule has 1 atom stereocenters. The molecule has 5 rings (SSSR count). The highest BCUT2D eigenvalue weighted by Gasteiger charge is 2.29. The number of rotatable bonds is 11. The zero-order valence-corrected chi connectivity index (χ0v) is 25.0. The minimum Gasteiger partial charge on any atom is -0.493 e. The molecule has 2 aliphatic carbocycles. The minimum atomic E-state index is -0.390. The van der Waals surface area contributed by atoms with Crippen LogP contribution in [-0.2, 0) is 16.0 Å². The molecule has 0 saturated heterocycles. The van der Waals surface area contributed by atoms with Gasteiger partial charge in [0, 0.05) is 31.4 Å². The molecule has 0 spiro atoms. The molecule has 2 amide bonds. The van der Waals surface area contributed by atoms with E-state index in [1.54, 1.807) is 33.5 Å². The number of aromatic nitrogens is 3. The second kappa shape index (κ2) is 13.1. The maximum absolute atomic E-state index is 13.4. The smallest absolute Gasteiger partial charge is 0.248 e. The predicted molar refractivity (Wildman–Crippen MR) is 162 cm³/mol. The van der Waals surface area contributed by atoms with E-state index in [9.17, 15) is 14.4 Å². The minimum absolute atomic E-state index is 0.191. The number of nitrogens with zero attached hydrogens (tertiary/aromatic N) is 2. The van der Waals surface area contributed by atoms with Gasteiger partial charge in [0.15, 0.2) is 11.5 Å². The van der Waals surface area contributed by atoms with Crippen LogP contribution in [0.3, 0.4) is 0 Å². The van der Waals surface area contributed by atoms with Crippen molar-refractivity contribution in [3.05, 3.63) is 51.4 Å². The fourth-order valence-corrected chi connectivity index (χ4v) is 5.71. The van der Waals surface area contributed by atoms with E-state index in [1.165, 1.54) is 13.3 Å². The maximum Gasteiger partial charge on any atom is 0.248 e. The van der Waals surface area contributed by atoms with Gasteiger partial charge in [-0.05, 0) is 67.0 Å². The number of carbonyl (C=O) groups is 2. The molecule has 1 saturated carbocycles. The van der Waals surface area contributed by atoms with Gasteiger partial charge in [-0.3, -0.25) is 24.8 Å². The third-order valence-electron chi connectivity index (χ3n) is 8.06. The van der Waals surface area contributed by atoms with Crippen molar-refractivity contribution in [3.8, 4) is 28.4 Å². The molecule has 43 heavy (non-hydrogen) atoms. The molecule has 2 aromatic carbocycles. The molecule has 1 aromatic heterocycles. The van der Waals surface area contributed by atoms with Crippen molar-refractivity contribution in [2.24, 2.45) is 0 Å². The molecule has 2 aliphatic rings. The Morgan fingerprint density at radius 2 is 1.84 bits per heavy atom. The number of anilines is 2. The molecule has 3 aromatic rings. The highest BCUT2D eigenvalue weighted by Crippen LogP contribution is 2.50. The van der Waals surface area contributed by atoms with Crippen molar-refractivity contribution in [1.82, 2.24) is 20.5 Å². The van der Waals surface area contributed by atoms with E-state index in [1.807, 2.05) is 12.1 Å². The highest BCUT2D eigenvalue weighted by atomic mass is 16.5. The zero-order chi connectivity index (χ0) is 30.5. The molecule has 12 nitrogen and oxygen atoms in total. The summed E-state index contributed by atoms with van der Waals surface area (Å²) in [6.07, 6.45) is 5.29. The lowest BCUT2D eigenvalue weighted by Gasteiger charge is -2.22. The molecule has 0 radical (unpaired) electrons. The van der Waals surface area contributed by atoms with Gasteiger partial charge in [0.05, 0.1) is 33.1 Å². The second-order valence-electron chi connectivity index (χ2n) is 10.8. The lowest BCUT2D eigenvalue weighted by Crippen LogP contribution is -2.26. The van der Waals surface area contributed by atoms with Crippen LogP contribution in [0.5, 0.6) is 17.2 Å². The van der Waals surface area contributed by atoms with E-state index < -0.39 is 6.04 Å². The summed E-state index contributed by atoms with van der Waals surface area (Å²) in [5.74, 6) is 2.60. The molecule has 4 N–H and O–H groups in total. The number of benzene rings is 1. The van der Waals surface area contributed by atoms with Gasteiger partial charge in [0.2, 0.25) is 28.9 Å². The summed E-state index contributed by atoms with van der Waals surface area (Å²) in [7, 11) is 4.68. The maximum atomic E-state index is 13.4. The van der Waals surface area contributed by atoms with Crippen LogP contribution in [0.2, 0.25) is 0 Å².